The number of halogens is 1. The molecule has 0 spiro atoms. The molecule has 0 saturated heterocycles. The minimum atomic E-state index is -3.11. The van der Waals surface area contributed by atoms with Crippen LogP contribution in [0.5, 0.6) is 5.75 Å². The van der Waals surface area contributed by atoms with Gasteiger partial charge in [-0.25, -0.2) is 13.1 Å². The highest BCUT2D eigenvalue weighted by Crippen LogP contribution is 2.10. The number of benzene rings is 1. The Morgan fingerprint density at radius 3 is 2.38 bits per heavy atom. The molecule has 0 heterocycles. The van der Waals surface area contributed by atoms with Crippen molar-refractivity contribution in [2.24, 2.45) is 4.99 Å². The van der Waals surface area contributed by atoms with Gasteiger partial charge in [-0.05, 0) is 31.0 Å². The SMILES string of the molecule is CCS(=O)(=O)NCCCNC(=NC)NCc1ccc(OC)cc1.I. The molecule has 24 heavy (non-hydrogen) atoms. The van der Waals surface area contributed by atoms with Crippen molar-refractivity contribution in [3.63, 3.8) is 0 Å². The van der Waals surface area contributed by atoms with E-state index in [0.29, 0.717) is 32.0 Å². The maximum Gasteiger partial charge on any atom is 0.211 e. The minimum Gasteiger partial charge on any atom is -0.497 e. The number of sulfonamides is 1. The summed E-state index contributed by atoms with van der Waals surface area (Å²) in [5.41, 5.74) is 1.12. The standard InChI is InChI=1S/C15H26N4O3S.HI/c1-4-23(20,21)19-11-5-10-17-15(16-2)18-12-13-6-8-14(22-3)9-7-13;/h6-9,19H,4-5,10-12H2,1-3H3,(H2,16,17,18);1H. The molecule has 0 bridgehead atoms. The van der Waals surface area contributed by atoms with Gasteiger partial charge in [-0.3, -0.25) is 4.99 Å². The molecule has 0 aromatic heterocycles. The van der Waals surface area contributed by atoms with Crippen LogP contribution in [0.2, 0.25) is 0 Å². The fourth-order valence-electron chi connectivity index (χ4n) is 1.77. The Hall–Kier alpha value is -1.07. The van der Waals surface area contributed by atoms with Gasteiger partial charge < -0.3 is 15.4 Å². The minimum absolute atomic E-state index is 0. The summed E-state index contributed by atoms with van der Waals surface area (Å²) in [6.07, 6.45) is 0.683. The van der Waals surface area contributed by atoms with Gasteiger partial charge in [-0.15, -0.1) is 24.0 Å². The van der Waals surface area contributed by atoms with Gasteiger partial charge in [0.25, 0.3) is 0 Å². The van der Waals surface area contributed by atoms with E-state index in [9.17, 15) is 8.42 Å². The average molecular weight is 470 g/mol. The second-order valence-corrected chi connectivity index (χ2v) is 6.95. The molecular formula is C15H27IN4O3S. The van der Waals surface area contributed by atoms with Crippen LogP contribution in [0.15, 0.2) is 29.3 Å². The fraction of sp³-hybridized carbons (Fsp3) is 0.533. The second kappa shape index (κ2) is 12.3. The molecule has 1 rings (SSSR count). The number of nitrogens with one attached hydrogen (secondary N) is 3. The van der Waals surface area contributed by atoms with Crippen LogP contribution in [-0.2, 0) is 16.6 Å². The van der Waals surface area contributed by atoms with Gasteiger partial charge in [-0.2, -0.15) is 0 Å². The summed E-state index contributed by atoms with van der Waals surface area (Å²) in [5.74, 6) is 1.61. The third-order valence-electron chi connectivity index (χ3n) is 3.19. The van der Waals surface area contributed by atoms with E-state index in [2.05, 4.69) is 20.3 Å². The topological polar surface area (TPSA) is 91.8 Å². The van der Waals surface area contributed by atoms with Gasteiger partial charge in [0.15, 0.2) is 5.96 Å². The quantitative estimate of drug-likeness (QED) is 0.219. The van der Waals surface area contributed by atoms with Crippen LogP contribution >= 0.6 is 24.0 Å². The predicted octanol–water partition coefficient (Wildman–Crippen LogP) is 1.31. The van der Waals surface area contributed by atoms with Crippen molar-refractivity contribution in [3.8, 4) is 5.75 Å². The summed E-state index contributed by atoms with van der Waals surface area (Å²) < 4.78 is 30.2. The van der Waals surface area contributed by atoms with Crippen molar-refractivity contribution in [1.82, 2.24) is 15.4 Å². The first kappa shape index (κ1) is 22.9. The Balaban J connectivity index is 0.00000529. The zero-order valence-electron chi connectivity index (χ0n) is 14.3. The third-order valence-corrected chi connectivity index (χ3v) is 4.59. The lowest BCUT2D eigenvalue weighted by atomic mass is 10.2. The molecule has 138 valence electrons. The van der Waals surface area contributed by atoms with E-state index in [-0.39, 0.29) is 29.7 Å². The maximum absolute atomic E-state index is 11.3. The van der Waals surface area contributed by atoms with Gasteiger partial charge >= 0.3 is 0 Å². The summed E-state index contributed by atoms with van der Waals surface area (Å²) in [5, 5.41) is 6.35. The van der Waals surface area contributed by atoms with Gasteiger partial charge in [0.1, 0.15) is 5.75 Å². The molecule has 0 radical (unpaired) electrons. The fourth-order valence-corrected chi connectivity index (χ4v) is 2.43. The van der Waals surface area contributed by atoms with Crippen molar-refractivity contribution >= 4 is 40.0 Å². The summed E-state index contributed by atoms with van der Waals surface area (Å²) in [6, 6.07) is 7.79. The predicted molar refractivity (Wildman–Crippen MR) is 109 cm³/mol. The molecule has 0 aliphatic heterocycles. The molecule has 1 aromatic rings. The van der Waals surface area contributed by atoms with Crippen molar-refractivity contribution < 1.29 is 13.2 Å². The summed E-state index contributed by atoms with van der Waals surface area (Å²) >= 11 is 0. The van der Waals surface area contributed by atoms with E-state index in [1.165, 1.54) is 0 Å². The van der Waals surface area contributed by atoms with E-state index in [4.69, 9.17) is 4.74 Å². The average Bonchev–Trinajstić information content (AvgIpc) is 2.57. The summed E-state index contributed by atoms with van der Waals surface area (Å²) in [6.45, 7) is 3.31. The lowest BCUT2D eigenvalue weighted by Gasteiger charge is -2.12. The number of aliphatic imine (C=N–C) groups is 1. The molecule has 0 unspecified atom stereocenters. The highest BCUT2D eigenvalue weighted by Gasteiger charge is 2.04. The number of nitrogens with zero attached hydrogens (tertiary/aromatic N) is 1. The second-order valence-electron chi connectivity index (χ2n) is 4.85. The zero-order chi connectivity index (χ0) is 17.1. The lowest BCUT2D eigenvalue weighted by molar-refractivity contribution is 0.414. The summed E-state index contributed by atoms with van der Waals surface area (Å²) in [4.78, 5) is 4.13. The lowest BCUT2D eigenvalue weighted by Crippen LogP contribution is -2.38. The van der Waals surface area contributed by atoms with E-state index >= 15 is 0 Å². The number of hydrogen-bond donors (Lipinski definition) is 3. The van der Waals surface area contributed by atoms with E-state index in [0.717, 1.165) is 11.3 Å². The van der Waals surface area contributed by atoms with E-state index in [1.54, 1.807) is 21.1 Å². The Bertz CT molecular complexity index is 591. The van der Waals surface area contributed by atoms with Crippen molar-refractivity contribution in [1.29, 1.82) is 0 Å². The molecule has 0 fully saturated rings. The number of ether oxygens (including phenoxy) is 1. The van der Waals surface area contributed by atoms with Crippen LogP contribution in [0.4, 0.5) is 0 Å². The molecular weight excluding hydrogens is 443 g/mol. The molecule has 0 amide bonds. The van der Waals surface area contributed by atoms with Crippen LogP contribution in [0, 0.1) is 0 Å². The summed E-state index contributed by atoms with van der Waals surface area (Å²) in [7, 11) is 0.224. The molecule has 9 heteroatoms. The number of hydrogen-bond acceptors (Lipinski definition) is 4. The van der Waals surface area contributed by atoms with Crippen LogP contribution in [-0.4, -0.2) is 47.4 Å². The molecule has 3 N–H and O–H groups in total. The van der Waals surface area contributed by atoms with Crippen molar-refractivity contribution in [2.75, 3.05) is 33.0 Å². The Kier molecular flexibility index (Phi) is 11.8. The largest absolute Gasteiger partial charge is 0.497 e. The first-order chi connectivity index (χ1) is 11.0. The molecule has 0 aliphatic rings. The Morgan fingerprint density at radius 2 is 1.83 bits per heavy atom. The van der Waals surface area contributed by atoms with Gasteiger partial charge in [0.05, 0.1) is 12.9 Å². The van der Waals surface area contributed by atoms with Crippen LogP contribution in [0.25, 0.3) is 0 Å². The van der Waals surface area contributed by atoms with Crippen LogP contribution in [0.1, 0.15) is 18.9 Å². The highest BCUT2D eigenvalue weighted by atomic mass is 127. The number of methoxy groups -OCH3 is 1. The normalized spacial score (nSPS) is 11.5. The molecule has 1 aromatic carbocycles. The van der Waals surface area contributed by atoms with Gasteiger partial charge in [-0.1, -0.05) is 12.1 Å². The monoisotopic (exact) mass is 470 g/mol. The molecule has 0 saturated carbocycles. The van der Waals surface area contributed by atoms with Gasteiger partial charge in [0, 0.05) is 26.7 Å². The van der Waals surface area contributed by atoms with E-state index < -0.39 is 10.0 Å². The Labute approximate surface area is 161 Å². The zero-order valence-corrected chi connectivity index (χ0v) is 17.5. The number of rotatable bonds is 9. The highest BCUT2D eigenvalue weighted by molar-refractivity contribution is 14.0. The van der Waals surface area contributed by atoms with Crippen LogP contribution < -0.4 is 20.1 Å². The molecule has 0 atom stereocenters. The first-order valence-corrected chi connectivity index (χ1v) is 9.20. The number of guanidine groups is 1. The van der Waals surface area contributed by atoms with Gasteiger partial charge in [0.2, 0.25) is 10.0 Å². The smallest absolute Gasteiger partial charge is 0.211 e. The first-order valence-electron chi connectivity index (χ1n) is 7.55. The van der Waals surface area contributed by atoms with Crippen molar-refractivity contribution in [2.45, 2.75) is 19.9 Å². The van der Waals surface area contributed by atoms with Crippen molar-refractivity contribution in [3.05, 3.63) is 29.8 Å². The van der Waals surface area contributed by atoms with E-state index in [1.807, 2.05) is 24.3 Å². The Morgan fingerprint density at radius 1 is 1.17 bits per heavy atom. The maximum atomic E-state index is 11.3. The molecule has 7 nitrogen and oxygen atoms in total. The third kappa shape index (κ3) is 9.28. The van der Waals surface area contributed by atoms with Crippen LogP contribution in [0.3, 0.4) is 0 Å². The molecule has 0 aliphatic carbocycles.